The van der Waals surface area contributed by atoms with E-state index in [2.05, 4.69) is 5.32 Å². The first kappa shape index (κ1) is 22.2. The van der Waals surface area contributed by atoms with Crippen LogP contribution in [0.3, 0.4) is 0 Å². The van der Waals surface area contributed by atoms with E-state index < -0.39 is 21.8 Å². The van der Waals surface area contributed by atoms with Gasteiger partial charge in [-0.3, -0.25) is 4.79 Å². The van der Waals surface area contributed by atoms with E-state index in [0.717, 1.165) is 31.4 Å². The Balaban J connectivity index is 1.20. The predicted molar refractivity (Wildman–Crippen MR) is 112 cm³/mol. The summed E-state index contributed by atoms with van der Waals surface area (Å²) in [5.74, 6) is 2.11. The third-order valence-corrected chi connectivity index (χ3v) is 9.98. The van der Waals surface area contributed by atoms with E-state index in [9.17, 15) is 26.4 Å². The van der Waals surface area contributed by atoms with Crippen LogP contribution in [0, 0.1) is 29.1 Å². The summed E-state index contributed by atoms with van der Waals surface area (Å²) in [7, 11) is -4.01. The number of amides is 1. The van der Waals surface area contributed by atoms with Crippen molar-refractivity contribution in [2.75, 3.05) is 19.6 Å². The molecule has 0 radical (unpaired) electrons. The van der Waals surface area contributed by atoms with Gasteiger partial charge in [0.05, 0.1) is 10.5 Å². The van der Waals surface area contributed by atoms with Crippen LogP contribution >= 0.6 is 0 Å². The molecular weight excluding hydrogens is 441 g/mol. The number of carbonyl (C=O) groups is 1. The van der Waals surface area contributed by atoms with E-state index in [0.29, 0.717) is 36.8 Å². The molecular formula is C23H29F3N2O3S. The molecule has 1 heterocycles. The maximum absolute atomic E-state index is 13.1. The van der Waals surface area contributed by atoms with Gasteiger partial charge < -0.3 is 5.32 Å². The Labute approximate surface area is 186 Å². The molecule has 1 aromatic carbocycles. The lowest BCUT2D eigenvalue weighted by Gasteiger charge is -2.55. The van der Waals surface area contributed by atoms with Crippen LogP contribution in [-0.2, 0) is 21.0 Å². The second kappa shape index (κ2) is 7.72. The summed E-state index contributed by atoms with van der Waals surface area (Å²) >= 11 is 0. The Kier molecular flexibility index (Phi) is 5.36. The van der Waals surface area contributed by atoms with Gasteiger partial charge in [0.15, 0.2) is 0 Å². The molecule has 4 bridgehead atoms. The molecule has 1 aromatic rings. The molecule has 1 N–H and O–H groups in total. The van der Waals surface area contributed by atoms with Crippen molar-refractivity contribution in [2.24, 2.45) is 29.1 Å². The summed E-state index contributed by atoms with van der Waals surface area (Å²) in [4.78, 5) is 12.8. The Morgan fingerprint density at radius 3 is 2.31 bits per heavy atom. The van der Waals surface area contributed by atoms with Gasteiger partial charge in [-0.05, 0) is 86.8 Å². The van der Waals surface area contributed by atoms with Gasteiger partial charge in [-0.2, -0.15) is 17.5 Å². The molecule has 0 aromatic heterocycles. The van der Waals surface area contributed by atoms with Gasteiger partial charge in [0.1, 0.15) is 0 Å². The number of carbonyl (C=O) groups excluding carboxylic acids is 1. The minimum absolute atomic E-state index is 0.0339. The summed E-state index contributed by atoms with van der Waals surface area (Å²) < 4.78 is 66.0. The van der Waals surface area contributed by atoms with Crippen LogP contribution in [0.2, 0.25) is 0 Å². The number of benzene rings is 1. The molecule has 9 heteroatoms. The topological polar surface area (TPSA) is 66.5 Å². The predicted octanol–water partition coefficient (Wildman–Crippen LogP) is 4.05. The largest absolute Gasteiger partial charge is 0.416 e. The smallest absolute Gasteiger partial charge is 0.355 e. The van der Waals surface area contributed by atoms with Gasteiger partial charge in [-0.15, -0.1) is 0 Å². The van der Waals surface area contributed by atoms with Crippen molar-refractivity contribution in [3.8, 4) is 0 Å². The van der Waals surface area contributed by atoms with Gasteiger partial charge in [-0.25, -0.2) is 8.42 Å². The van der Waals surface area contributed by atoms with Gasteiger partial charge in [0.25, 0.3) is 0 Å². The standard InChI is InChI=1S/C23H29F3N2O3S/c24-23(25,26)19-2-1-3-20(9-19)32(30,31)28-5-4-15(14-28)13-27-21(29)22-10-16-6-17(11-22)8-18(7-16)12-22/h1-3,9,15-18H,4-8,10-14H2,(H,27,29). The summed E-state index contributed by atoms with van der Waals surface area (Å²) in [6.45, 7) is 0.866. The third-order valence-electron chi connectivity index (χ3n) is 8.12. The second-order valence-electron chi connectivity index (χ2n) is 10.5. The van der Waals surface area contributed by atoms with E-state index in [1.165, 1.54) is 29.6 Å². The summed E-state index contributed by atoms with van der Waals surface area (Å²) in [6, 6.07) is 3.88. The van der Waals surface area contributed by atoms with Crippen LogP contribution in [0.25, 0.3) is 0 Å². The minimum atomic E-state index is -4.60. The molecule has 1 aliphatic heterocycles. The summed E-state index contributed by atoms with van der Waals surface area (Å²) in [5, 5.41) is 3.11. The molecule has 6 rings (SSSR count). The van der Waals surface area contributed by atoms with Crippen molar-refractivity contribution in [1.82, 2.24) is 9.62 Å². The van der Waals surface area contributed by atoms with Crippen molar-refractivity contribution in [1.29, 1.82) is 0 Å². The van der Waals surface area contributed by atoms with Crippen LogP contribution < -0.4 is 5.32 Å². The van der Waals surface area contributed by atoms with Crippen molar-refractivity contribution < 1.29 is 26.4 Å². The zero-order valence-electron chi connectivity index (χ0n) is 17.9. The molecule has 176 valence electrons. The molecule has 4 saturated carbocycles. The zero-order valence-corrected chi connectivity index (χ0v) is 18.7. The third kappa shape index (κ3) is 3.95. The fourth-order valence-corrected chi connectivity index (χ4v) is 8.55. The molecule has 1 unspecified atom stereocenters. The maximum Gasteiger partial charge on any atom is 0.416 e. The number of nitrogens with one attached hydrogen (secondary N) is 1. The highest BCUT2D eigenvalue weighted by Crippen LogP contribution is 2.60. The van der Waals surface area contributed by atoms with E-state index in [1.54, 1.807) is 0 Å². The number of alkyl halides is 3. The highest BCUT2D eigenvalue weighted by Gasteiger charge is 2.54. The monoisotopic (exact) mass is 470 g/mol. The average Bonchev–Trinajstić information content (AvgIpc) is 3.20. The molecule has 1 amide bonds. The van der Waals surface area contributed by atoms with Crippen molar-refractivity contribution >= 4 is 15.9 Å². The van der Waals surface area contributed by atoms with Crippen LogP contribution in [0.15, 0.2) is 29.2 Å². The first-order valence-electron chi connectivity index (χ1n) is 11.5. The molecule has 1 atom stereocenters. The normalized spacial score (nSPS) is 34.7. The molecule has 32 heavy (non-hydrogen) atoms. The van der Waals surface area contributed by atoms with E-state index >= 15 is 0 Å². The molecule has 1 saturated heterocycles. The summed E-state index contributed by atoms with van der Waals surface area (Å²) in [6.07, 6.45) is 2.70. The minimum Gasteiger partial charge on any atom is -0.355 e. The van der Waals surface area contributed by atoms with E-state index in [4.69, 9.17) is 0 Å². The lowest BCUT2D eigenvalue weighted by atomic mass is 9.49. The molecule has 5 fully saturated rings. The van der Waals surface area contributed by atoms with Gasteiger partial charge in [0, 0.05) is 25.0 Å². The zero-order chi connectivity index (χ0) is 22.7. The number of sulfonamides is 1. The Morgan fingerprint density at radius 1 is 1.09 bits per heavy atom. The van der Waals surface area contributed by atoms with Gasteiger partial charge in [-0.1, -0.05) is 6.07 Å². The van der Waals surface area contributed by atoms with E-state index in [1.807, 2.05) is 0 Å². The number of nitrogens with zero attached hydrogens (tertiary/aromatic N) is 1. The maximum atomic E-state index is 13.1. The van der Waals surface area contributed by atoms with Gasteiger partial charge in [0.2, 0.25) is 15.9 Å². The Bertz CT molecular complexity index is 973. The highest BCUT2D eigenvalue weighted by atomic mass is 32.2. The Hall–Kier alpha value is -1.61. The Morgan fingerprint density at radius 2 is 1.72 bits per heavy atom. The second-order valence-corrected chi connectivity index (χ2v) is 12.4. The van der Waals surface area contributed by atoms with Crippen LogP contribution in [0.5, 0.6) is 0 Å². The van der Waals surface area contributed by atoms with E-state index in [-0.39, 0.29) is 35.2 Å². The molecule has 0 spiro atoms. The number of hydrogen-bond donors (Lipinski definition) is 1. The lowest BCUT2D eigenvalue weighted by molar-refractivity contribution is -0.146. The lowest BCUT2D eigenvalue weighted by Crippen LogP contribution is -2.54. The average molecular weight is 471 g/mol. The fourth-order valence-electron chi connectivity index (χ4n) is 6.98. The van der Waals surface area contributed by atoms with Crippen molar-refractivity contribution in [2.45, 2.75) is 56.0 Å². The SMILES string of the molecule is O=C(NCC1CCN(S(=O)(=O)c2cccc(C(F)(F)F)c2)C1)C12CC3CC(CC(C3)C1)C2. The quantitative estimate of drug-likeness (QED) is 0.706. The number of rotatable bonds is 5. The van der Waals surface area contributed by atoms with Crippen molar-refractivity contribution in [3.05, 3.63) is 29.8 Å². The first-order valence-corrected chi connectivity index (χ1v) is 12.9. The van der Waals surface area contributed by atoms with Crippen LogP contribution in [-0.4, -0.2) is 38.3 Å². The highest BCUT2D eigenvalue weighted by molar-refractivity contribution is 7.89. The van der Waals surface area contributed by atoms with Gasteiger partial charge >= 0.3 is 6.18 Å². The first-order chi connectivity index (χ1) is 15.0. The summed E-state index contributed by atoms with van der Waals surface area (Å²) in [5.41, 5.74) is -1.21. The molecule has 5 aliphatic rings. The molecule has 5 nitrogen and oxygen atoms in total. The fraction of sp³-hybridized carbons (Fsp3) is 0.696. The van der Waals surface area contributed by atoms with Crippen LogP contribution in [0.4, 0.5) is 13.2 Å². The number of halogens is 3. The van der Waals surface area contributed by atoms with Crippen molar-refractivity contribution in [3.63, 3.8) is 0 Å². The number of hydrogen-bond acceptors (Lipinski definition) is 3. The molecule has 4 aliphatic carbocycles. The van der Waals surface area contributed by atoms with Crippen LogP contribution in [0.1, 0.15) is 50.5 Å².